The van der Waals surface area contributed by atoms with Gasteiger partial charge in [-0.15, -0.1) is 0 Å². The van der Waals surface area contributed by atoms with E-state index < -0.39 is 0 Å². The topological polar surface area (TPSA) is 67.2 Å². The van der Waals surface area contributed by atoms with E-state index in [1.807, 2.05) is 13.8 Å². The molecule has 0 saturated heterocycles. The Bertz CT molecular complexity index is 429. The summed E-state index contributed by atoms with van der Waals surface area (Å²) in [6.07, 6.45) is 1.27. The van der Waals surface area contributed by atoms with Crippen molar-refractivity contribution in [3.63, 3.8) is 0 Å². The van der Waals surface area contributed by atoms with Crippen LogP contribution >= 0.6 is 23.2 Å². The van der Waals surface area contributed by atoms with E-state index in [4.69, 9.17) is 28.9 Å². The maximum absolute atomic E-state index is 11.6. The molecule has 0 aliphatic carbocycles. The second-order valence-corrected chi connectivity index (χ2v) is 5.23. The van der Waals surface area contributed by atoms with Crippen molar-refractivity contribution in [3.8, 4) is 0 Å². The summed E-state index contributed by atoms with van der Waals surface area (Å²) in [5.41, 5.74) is 6.73. The Hall–Kier alpha value is -1.13. The van der Waals surface area contributed by atoms with Gasteiger partial charge in [-0.25, -0.2) is 0 Å². The van der Waals surface area contributed by atoms with Crippen LogP contribution in [-0.4, -0.2) is 18.5 Å². The molecule has 106 valence electrons. The number of carbonyl (C=O) groups is 1. The molecule has 0 aliphatic heterocycles. The molecule has 1 unspecified atom stereocenters. The van der Waals surface area contributed by atoms with Crippen molar-refractivity contribution in [1.29, 1.82) is 0 Å². The van der Waals surface area contributed by atoms with Crippen molar-refractivity contribution in [3.05, 3.63) is 22.2 Å². The van der Waals surface area contributed by atoms with Gasteiger partial charge in [-0.3, -0.25) is 4.79 Å². The molecule has 1 amide bonds. The van der Waals surface area contributed by atoms with Crippen LogP contribution < -0.4 is 16.4 Å². The summed E-state index contributed by atoms with van der Waals surface area (Å²) in [6, 6.07) is 3.43. The van der Waals surface area contributed by atoms with Gasteiger partial charge < -0.3 is 16.4 Å². The summed E-state index contributed by atoms with van der Waals surface area (Å²) in [7, 11) is 0. The quantitative estimate of drug-likeness (QED) is 0.706. The normalized spacial score (nSPS) is 12.0. The molecular weight excluding hydrogens is 285 g/mol. The average Bonchev–Trinajstić information content (AvgIpc) is 2.32. The Balaban J connectivity index is 2.48. The van der Waals surface area contributed by atoms with Crippen LogP contribution in [0.1, 0.15) is 26.7 Å². The van der Waals surface area contributed by atoms with Gasteiger partial charge in [0.1, 0.15) is 0 Å². The molecule has 6 heteroatoms. The fraction of sp³-hybridized carbons (Fsp3) is 0.462. The van der Waals surface area contributed by atoms with Crippen molar-refractivity contribution in [2.75, 3.05) is 17.6 Å². The zero-order valence-electron chi connectivity index (χ0n) is 11.1. The highest BCUT2D eigenvalue weighted by Gasteiger charge is 2.09. The first-order valence-electron chi connectivity index (χ1n) is 6.21. The molecular formula is C13H19Cl2N3O. The Morgan fingerprint density at radius 3 is 2.47 bits per heavy atom. The van der Waals surface area contributed by atoms with E-state index in [9.17, 15) is 4.79 Å². The molecule has 0 aromatic heterocycles. The molecule has 19 heavy (non-hydrogen) atoms. The van der Waals surface area contributed by atoms with E-state index in [0.717, 1.165) is 6.42 Å². The standard InChI is InChI=1S/C13H19Cl2N3O/c1-3-8(2)18-12(19)4-5-17-13-10(14)6-9(16)7-11(13)15/h6-8,17H,3-5,16H2,1-2H3,(H,18,19). The first kappa shape index (κ1) is 15.9. The van der Waals surface area contributed by atoms with Crippen molar-refractivity contribution in [2.45, 2.75) is 32.7 Å². The third-order valence-corrected chi connectivity index (χ3v) is 3.33. The molecule has 0 radical (unpaired) electrons. The molecule has 0 spiro atoms. The number of amides is 1. The van der Waals surface area contributed by atoms with E-state index in [1.54, 1.807) is 12.1 Å². The van der Waals surface area contributed by atoms with Gasteiger partial charge in [0, 0.05) is 24.7 Å². The first-order chi connectivity index (χ1) is 8.93. The number of halogens is 2. The van der Waals surface area contributed by atoms with Gasteiger partial charge in [-0.1, -0.05) is 30.1 Å². The number of carbonyl (C=O) groups excluding carboxylic acids is 1. The van der Waals surface area contributed by atoms with Gasteiger partial charge in [0.25, 0.3) is 0 Å². The maximum atomic E-state index is 11.6. The number of nitrogens with one attached hydrogen (secondary N) is 2. The number of hydrogen-bond donors (Lipinski definition) is 3. The summed E-state index contributed by atoms with van der Waals surface area (Å²) in [6.45, 7) is 4.46. The molecule has 1 atom stereocenters. The summed E-state index contributed by atoms with van der Waals surface area (Å²) >= 11 is 12.1. The summed E-state index contributed by atoms with van der Waals surface area (Å²) < 4.78 is 0. The van der Waals surface area contributed by atoms with Gasteiger partial charge in [0.2, 0.25) is 5.91 Å². The summed E-state index contributed by atoms with van der Waals surface area (Å²) in [5, 5.41) is 6.84. The maximum Gasteiger partial charge on any atom is 0.221 e. The van der Waals surface area contributed by atoms with Crippen LogP contribution in [0.15, 0.2) is 12.1 Å². The van der Waals surface area contributed by atoms with E-state index in [2.05, 4.69) is 10.6 Å². The molecule has 1 aromatic carbocycles. The van der Waals surface area contributed by atoms with Crippen LogP contribution in [0.3, 0.4) is 0 Å². The molecule has 4 N–H and O–H groups in total. The lowest BCUT2D eigenvalue weighted by atomic mass is 10.2. The van der Waals surface area contributed by atoms with Crippen molar-refractivity contribution in [1.82, 2.24) is 5.32 Å². The minimum atomic E-state index is 0.00420. The minimum Gasteiger partial charge on any atom is -0.399 e. The molecule has 0 fully saturated rings. The Morgan fingerprint density at radius 2 is 1.95 bits per heavy atom. The van der Waals surface area contributed by atoms with E-state index >= 15 is 0 Å². The predicted molar refractivity (Wildman–Crippen MR) is 81.9 cm³/mol. The second-order valence-electron chi connectivity index (χ2n) is 4.41. The van der Waals surface area contributed by atoms with Gasteiger partial charge in [-0.05, 0) is 25.5 Å². The van der Waals surface area contributed by atoms with Crippen LogP contribution in [0.2, 0.25) is 10.0 Å². The number of nitrogen functional groups attached to an aromatic ring is 1. The van der Waals surface area contributed by atoms with E-state index in [0.29, 0.717) is 34.4 Å². The van der Waals surface area contributed by atoms with Gasteiger partial charge in [-0.2, -0.15) is 0 Å². The van der Waals surface area contributed by atoms with Crippen LogP contribution in [0.5, 0.6) is 0 Å². The molecule has 0 aliphatic rings. The highest BCUT2D eigenvalue weighted by molar-refractivity contribution is 6.39. The number of anilines is 2. The SMILES string of the molecule is CCC(C)NC(=O)CCNc1c(Cl)cc(N)cc1Cl. The number of benzene rings is 1. The molecule has 1 rings (SSSR count). The third kappa shape index (κ3) is 5.17. The molecule has 4 nitrogen and oxygen atoms in total. The molecule has 1 aromatic rings. The van der Waals surface area contributed by atoms with Crippen LogP contribution in [0, 0.1) is 0 Å². The molecule has 0 bridgehead atoms. The van der Waals surface area contributed by atoms with E-state index in [1.165, 1.54) is 0 Å². The second kappa shape index (κ2) is 7.46. The first-order valence-corrected chi connectivity index (χ1v) is 6.97. The lowest BCUT2D eigenvalue weighted by Crippen LogP contribution is -2.32. The van der Waals surface area contributed by atoms with Gasteiger partial charge in [0.15, 0.2) is 0 Å². The third-order valence-electron chi connectivity index (χ3n) is 2.74. The van der Waals surface area contributed by atoms with Crippen molar-refractivity contribution < 1.29 is 4.79 Å². The predicted octanol–water partition coefficient (Wildman–Crippen LogP) is 3.29. The smallest absolute Gasteiger partial charge is 0.221 e. The fourth-order valence-corrected chi connectivity index (χ4v) is 2.15. The minimum absolute atomic E-state index is 0.00420. The summed E-state index contributed by atoms with van der Waals surface area (Å²) in [4.78, 5) is 11.6. The monoisotopic (exact) mass is 303 g/mol. The molecule has 0 saturated carbocycles. The number of rotatable bonds is 6. The zero-order valence-corrected chi connectivity index (χ0v) is 12.6. The highest BCUT2D eigenvalue weighted by Crippen LogP contribution is 2.32. The van der Waals surface area contributed by atoms with Crippen LogP contribution in [0.25, 0.3) is 0 Å². The van der Waals surface area contributed by atoms with Crippen LogP contribution in [-0.2, 0) is 4.79 Å². The number of hydrogen-bond acceptors (Lipinski definition) is 3. The van der Waals surface area contributed by atoms with Crippen molar-refractivity contribution in [2.24, 2.45) is 0 Å². The lowest BCUT2D eigenvalue weighted by Gasteiger charge is -2.13. The van der Waals surface area contributed by atoms with E-state index in [-0.39, 0.29) is 11.9 Å². The average molecular weight is 304 g/mol. The number of nitrogens with two attached hydrogens (primary N) is 1. The Morgan fingerprint density at radius 1 is 1.37 bits per heavy atom. The Labute approximate surface area is 123 Å². The van der Waals surface area contributed by atoms with Gasteiger partial charge in [0.05, 0.1) is 15.7 Å². The molecule has 0 heterocycles. The van der Waals surface area contributed by atoms with Gasteiger partial charge >= 0.3 is 0 Å². The fourth-order valence-electron chi connectivity index (χ4n) is 1.51. The van der Waals surface area contributed by atoms with Crippen LogP contribution in [0.4, 0.5) is 11.4 Å². The zero-order chi connectivity index (χ0) is 14.4. The Kier molecular flexibility index (Phi) is 6.25. The largest absolute Gasteiger partial charge is 0.399 e. The van der Waals surface area contributed by atoms with Crippen molar-refractivity contribution >= 4 is 40.5 Å². The lowest BCUT2D eigenvalue weighted by molar-refractivity contribution is -0.121. The summed E-state index contributed by atoms with van der Waals surface area (Å²) in [5.74, 6) is 0.00420. The highest BCUT2D eigenvalue weighted by atomic mass is 35.5.